The van der Waals surface area contributed by atoms with Crippen LogP contribution in [-0.2, 0) is 0 Å². The summed E-state index contributed by atoms with van der Waals surface area (Å²) >= 11 is 0. The average molecular weight is 296 g/mol. The molecule has 0 aromatic carbocycles. The fourth-order valence-corrected chi connectivity index (χ4v) is 2.96. The number of H-pyrrole nitrogens is 1. The molecule has 1 N–H and O–H groups in total. The molecule has 2 fully saturated rings. The maximum atomic E-state index is 12.9. The molecule has 1 amide bonds. The van der Waals surface area contributed by atoms with E-state index in [-0.39, 0.29) is 11.9 Å². The van der Waals surface area contributed by atoms with Crippen molar-refractivity contribution in [2.45, 2.75) is 50.6 Å². The predicted octanol–water partition coefficient (Wildman–Crippen LogP) is 3.05. The molecule has 114 valence electrons. The Morgan fingerprint density at radius 2 is 2.14 bits per heavy atom. The van der Waals surface area contributed by atoms with Gasteiger partial charge in [0.1, 0.15) is 5.69 Å². The van der Waals surface area contributed by atoms with Gasteiger partial charge in [0.05, 0.1) is 11.7 Å². The van der Waals surface area contributed by atoms with E-state index in [1.807, 2.05) is 36.1 Å². The van der Waals surface area contributed by atoms with Crippen LogP contribution in [0.1, 0.15) is 66.4 Å². The molecule has 5 heteroatoms. The molecule has 1 atom stereocenters. The predicted molar refractivity (Wildman–Crippen MR) is 82.4 cm³/mol. The quantitative estimate of drug-likeness (QED) is 0.922. The molecular weight excluding hydrogens is 276 g/mol. The van der Waals surface area contributed by atoms with Crippen LogP contribution in [0.15, 0.2) is 30.5 Å². The van der Waals surface area contributed by atoms with Crippen molar-refractivity contribution in [2.24, 2.45) is 0 Å². The fourth-order valence-electron chi connectivity index (χ4n) is 2.96. The van der Waals surface area contributed by atoms with Crippen LogP contribution in [-0.4, -0.2) is 32.0 Å². The second kappa shape index (κ2) is 5.23. The number of aromatic amines is 1. The Morgan fingerprint density at radius 1 is 1.32 bits per heavy atom. The molecule has 0 aliphatic heterocycles. The third kappa shape index (κ3) is 2.51. The van der Waals surface area contributed by atoms with Crippen molar-refractivity contribution in [1.82, 2.24) is 20.1 Å². The van der Waals surface area contributed by atoms with Crippen LogP contribution >= 0.6 is 0 Å². The molecule has 1 unspecified atom stereocenters. The van der Waals surface area contributed by atoms with Gasteiger partial charge in [-0.25, -0.2) is 0 Å². The van der Waals surface area contributed by atoms with Gasteiger partial charge in [-0.1, -0.05) is 6.07 Å². The van der Waals surface area contributed by atoms with Gasteiger partial charge in [0, 0.05) is 23.9 Å². The molecule has 2 aliphatic carbocycles. The maximum absolute atomic E-state index is 12.9. The number of carbonyl (C=O) groups excluding carboxylic acids is 1. The molecule has 0 bridgehead atoms. The van der Waals surface area contributed by atoms with Crippen molar-refractivity contribution < 1.29 is 4.79 Å². The normalized spacial score (nSPS) is 19.0. The first-order chi connectivity index (χ1) is 10.7. The first-order valence-corrected chi connectivity index (χ1v) is 8.03. The number of nitrogens with zero attached hydrogens (tertiary/aromatic N) is 3. The van der Waals surface area contributed by atoms with E-state index in [1.54, 1.807) is 6.20 Å². The number of hydrogen-bond acceptors (Lipinski definition) is 3. The molecule has 2 heterocycles. The lowest BCUT2D eigenvalue weighted by Crippen LogP contribution is -2.36. The Balaban J connectivity index is 1.59. The van der Waals surface area contributed by atoms with Crippen molar-refractivity contribution in [3.8, 4) is 0 Å². The first-order valence-electron chi connectivity index (χ1n) is 8.03. The molecule has 5 nitrogen and oxygen atoms in total. The van der Waals surface area contributed by atoms with Crippen LogP contribution in [0.2, 0.25) is 0 Å². The van der Waals surface area contributed by atoms with E-state index in [1.165, 1.54) is 12.8 Å². The summed E-state index contributed by atoms with van der Waals surface area (Å²) in [6.45, 7) is 2.05. The summed E-state index contributed by atoms with van der Waals surface area (Å²) < 4.78 is 0. The lowest BCUT2D eigenvalue weighted by molar-refractivity contribution is 0.0664. The summed E-state index contributed by atoms with van der Waals surface area (Å²) in [5, 5.41) is 7.28. The fraction of sp³-hybridized carbons (Fsp3) is 0.471. The van der Waals surface area contributed by atoms with Gasteiger partial charge in [-0.3, -0.25) is 14.9 Å². The highest BCUT2D eigenvalue weighted by Crippen LogP contribution is 2.40. The average Bonchev–Trinajstić information content (AvgIpc) is 3.48. The molecule has 0 saturated heterocycles. The second-order valence-corrected chi connectivity index (χ2v) is 6.36. The Kier molecular flexibility index (Phi) is 3.21. The molecule has 2 saturated carbocycles. The number of amides is 1. The van der Waals surface area contributed by atoms with Crippen LogP contribution in [0.25, 0.3) is 0 Å². The van der Waals surface area contributed by atoms with Crippen molar-refractivity contribution >= 4 is 5.91 Å². The Labute approximate surface area is 129 Å². The number of aromatic nitrogens is 3. The smallest absolute Gasteiger partial charge is 0.275 e. The molecule has 0 spiro atoms. The van der Waals surface area contributed by atoms with E-state index in [0.29, 0.717) is 17.7 Å². The van der Waals surface area contributed by atoms with Crippen LogP contribution < -0.4 is 0 Å². The zero-order valence-electron chi connectivity index (χ0n) is 12.7. The minimum Gasteiger partial charge on any atom is -0.326 e. The topological polar surface area (TPSA) is 61.9 Å². The Hall–Kier alpha value is -2.17. The number of pyridine rings is 1. The van der Waals surface area contributed by atoms with Crippen LogP contribution in [0.3, 0.4) is 0 Å². The zero-order valence-corrected chi connectivity index (χ0v) is 12.7. The van der Waals surface area contributed by atoms with Crippen molar-refractivity contribution in [2.75, 3.05) is 0 Å². The summed E-state index contributed by atoms with van der Waals surface area (Å²) in [5.41, 5.74) is 2.57. The van der Waals surface area contributed by atoms with Crippen LogP contribution in [0, 0.1) is 0 Å². The highest BCUT2D eigenvalue weighted by atomic mass is 16.2. The van der Waals surface area contributed by atoms with E-state index < -0.39 is 0 Å². The van der Waals surface area contributed by atoms with E-state index in [2.05, 4.69) is 15.2 Å². The van der Waals surface area contributed by atoms with Gasteiger partial charge in [0.25, 0.3) is 5.91 Å². The maximum Gasteiger partial charge on any atom is 0.275 e. The summed E-state index contributed by atoms with van der Waals surface area (Å²) in [6, 6.07) is 8.07. The van der Waals surface area contributed by atoms with Gasteiger partial charge in [-0.2, -0.15) is 5.10 Å². The summed E-state index contributed by atoms with van der Waals surface area (Å²) in [5.74, 6) is 0.598. The van der Waals surface area contributed by atoms with Crippen molar-refractivity contribution in [1.29, 1.82) is 0 Å². The monoisotopic (exact) mass is 296 g/mol. The number of rotatable bonds is 5. The van der Waals surface area contributed by atoms with Gasteiger partial charge in [0.2, 0.25) is 0 Å². The van der Waals surface area contributed by atoms with E-state index in [9.17, 15) is 4.79 Å². The van der Waals surface area contributed by atoms with Gasteiger partial charge in [-0.15, -0.1) is 0 Å². The van der Waals surface area contributed by atoms with Gasteiger partial charge >= 0.3 is 0 Å². The van der Waals surface area contributed by atoms with Crippen LogP contribution in [0.4, 0.5) is 0 Å². The number of hydrogen-bond donors (Lipinski definition) is 1. The molecule has 0 radical (unpaired) electrons. The largest absolute Gasteiger partial charge is 0.326 e. The molecule has 2 aliphatic rings. The van der Waals surface area contributed by atoms with Gasteiger partial charge in [-0.05, 0) is 50.8 Å². The highest BCUT2D eigenvalue weighted by molar-refractivity contribution is 5.93. The zero-order chi connectivity index (χ0) is 15.1. The van der Waals surface area contributed by atoms with E-state index >= 15 is 0 Å². The van der Waals surface area contributed by atoms with Crippen molar-refractivity contribution in [3.63, 3.8) is 0 Å². The number of nitrogens with one attached hydrogen (secondary N) is 1. The second-order valence-electron chi connectivity index (χ2n) is 6.36. The number of carbonyl (C=O) groups is 1. The molecule has 22 heavy (non-hydrogen) atoms. The minimum absolute atomic E-state index is 0.0174. The third-order valence-electron chi connectivity index (χ3n) is 4.54. The lowest BCUT2D eigenvalue weighted by Gasteiger charge is -2.28. The summed E-state index contributed by atoms with van der Waals surface area (Å²) in [4.78, 5) is 19.3. The SMILES string of the molecule is CC(c1ccccn1)N(C(=O)c1cc(C2CC2)[nH]n1)C1CC1. The minimum atomic E-state index is -0.0257. The van der Waals surface area contributed by atoms with Gasteiger partial charge < -0.3 is 4.90 Å². The highest BCUT2D eigenvalue weighted by Gasteiger charge is 2.38. The summed E-state index contributed by atoms with van der Waals surface area (Å²) in [6.07, 6.45) is 6.33. The van der Waals surface area contributed by atoms with Crippen LogP contribution in [0.5, 0.6) is 0 Å². The summed E-state index contributed by atoms with van der Waals surface area (Å²) in [7, 11) is 0. The third-order valence-corrected chi connectivity index (χ3v) is 4.54. The van der Waals surface area contributed by atoms with Gasteiger partial charge in [0.15, 0.2) is 0 Å². The first kappa shape index (κ1) is 13.5. The Morgan fingerprint density at radius 3 is 2.77 bits per heavy atom. The lowest BCUT2D eigenvalue weighted by atomic mass is 10.1. The molecule has 2 aromatic rings. The Bertz CT molecular complexity index is 673. The molecular formula is C17H20N4O. The standard InChI is InChI=1S/C17H20N4O/c1-11(14-4-2-3-9-18-14)21(13-7-8-13)17(22)16-10-15(19-20-16)12-5-6-12/h2-4,9-13H,5-8H2,1H3,(H,19,20). The van der Waals surface area contributed by atoms with E-state index in [0.717, 1.165) is 24.2 Å². The molecule has 2 aromatic heterocycles. The van der Waals surface area contributed by atoms with Crippen molar-refractivity contribution in [3.05, 3.63) is 47.5 Å². The van der Waals surface area contributed by atoms with E-state index in [4.69, 9.17) is 0 Å². The molecule has 4 rings (SSSR count).